The number of ketones is 1. The van der Waals surface area contributed by atoms with Crippen molar-refractivity contribution < 1.29 is 24.2 Å². The molecule has 35 heavy (non-hydrogen) atoms. The number of carbonyl (C=O) groups is 3. The van der Waals surface area contributed by atoms with Crippen LogP contribution in [0.4, 0.5) is 5.69 Å². The molecular weight excluding hydrogens is 448 g/mol. The van der Waals surface area contributed by atoms with E-state index < -0.39 is 24.3 Å². The van der Waals surface area contributed by atoms with Crippen molar-refractivity contribution in [1.82, 2.24) is 15.1 Å². The number of amides is 2. The Bertz CT molecular complexity index is 955. The van der Waals surface area contributed by atoms with Crippen LogP contribution in [0, 0.1) is 5.92 Å². The Labute approximate surface area is 206 Å². The number of nitrogens with zero attached hydrogens (tertiary/aromatic N) is 3. The molecule has 1 aliphatic carbocycles. The van der Waals surface area contributed by atoms with E-state index in [4.69, 9.17) is 4.74 Å². The van der Waals surface area contributed by atoms with Gasteiger partial charge < -0.3 is 25.0 Å². The van der Waals surface area contributed by atoms with Crippen molar-refractivity contribution >= 4 is 23.3 Å². The molecule has 0 bridgehead atoms. The molecule has 3 saturated heterocycles. The van der Waals surface area contributed by atoms with Gasteiger partial charge in [-0.2, -0.15) is 0 Å². The van der Waals surface area contributed by atoms with E-state index in [2.05, 4.69) is 15.1 Å². The van der Waals surface area contributed by atoms with Gasteiger partial charge in [0.15, 0.2) is 5.78 Å². The lowest BCUT2D eigenvalue weighted by Crippen LogP contribution is -2.52. The average Bonchev–Trinajstić information content (AvgIpc) is 3.55. The molecule has 5 rings (SSSR count). The second-order valence-electron chi connectivity index (χ2n) is 10.7. The summed E-state index contributed by atoms with van der Waals surface area (Å²) in [4.78, 5) is 45.1. The van der Waals surface area contributed by atoms with Crippen molar-refractivity contribution in [3.05, 3.63) is 29.8 Å². The number of benzene rings is 1. The third kappa shape index (κ3) is 5.08. The Morgan fingerprint density at radius 1 is 1.11 bits per heavy atom. The largest absolute Gasteiger partial charge is 0.388 e. The minimum Gasteiger partial charge on any atom is -0.388 e. The van der Waals surface area contributed by atoms with Gasteiger partial charge in [-0.3, -0.25) is 19.3 Å². The van der Waals surface area contributed by atoms with Gasteiger partial charge >= 0.3 is 0 Å². The summed E-state index contributed by atoms with van der Waals surface area (Å²) in [7, 11) is 0. The summed E-state index contributed by atoms with van der Waals surface area (Å²) in [6.45, 7) is 8.02. The second-order valence-corrected chi connectivity index (χ2v) is 10.7. The minimum absolute atomic E-state index is 0.0348. The number of ether oxygens (including phenoxy) is 1. The smallest absolute Gasteiger partial charge is 0.251 e. The number of β-amino-alcohol motifs (C(OH)–C–C–N with tert-alkyl or cyclic N) is 1. The lowest BCUT2D eigenvalue weighted by atomic mass is 10.0. The zero-order valence-corrected chi connectivity index (χ0v) is 20.6. The molecule has 4 fully saturated rings. The number of aliphatic hydroxyl groups excluding tert-OH is 1. The van der Waals surface area contributed by atoms with Crippen LogP contribution < -0.4 is 10.2 Å². The van der Waals surface area contributed by atoms with Crippen molar-refractivity contribution in [3.8, 4) is 0 Å². The van der Waals surface area contributed by atoms with E-state index in [1.54, 1.807) is 12.1 Å². The predicted octanol–water partition coefficient (Wildman–Crippen LogP) is 0.655. The zero-order valence-electron chi connectivity index (χ0n) is 20.6. The number of fused-ring (bicyclic) bond motifs is 1. The lowest BCUT2D eigenvalue weighted by Gasteiger charge is -2.36. The van der Waals surface area contributed by atoms with E-state index >= 15 is 0 Å². The van der Waals surface area contributed by atoms with Crippen molar-refractivity contribution in [1.29, 1.82) is 0 Å². The normalized spacial score (nSPS) is 27.9. The standard InChI is InChI=1S/C26H36N4O5/c1-16(2)13-20(26(34)30-14-21(31)24-23(30)22(32)15-35-24)27-25(33)17-3-5-18(6-4-17)28-9-11-29(12-10-28)19-7-8-19/h3-6,16,19-21,23-24,31H,7-15H2,1-2H3,(H,27,33)/t20?,21-,23-,24-/m1/s1. The van der Waals surface area contributed by atoms with Crippen LogP contribution in [-0.2, 0) is 14.3 Å². The van der Waals surface area contributed by atoms with Crippen molar-refractivity contribution in [2.75, 3.05) is 44.2 Å². The first-order valence-electron chi connectivity index (χ1n) is 12.8. The number of Topliss-reactive ketones (excluding diaryl/α,β-unsaturated/α-hetero) is 1. The van der Waals surface area contributed by atoms with Crippen LogP contribution in [0.25, 0.3) is 0 Å². The fraction of sp³-hybridized carbons (Fsp3) is 0.654. The summed E-state index contributed by atoms with van der Waals surface area (Å²) in [5.74, 6) is -0.718. The molecule has 190 valence electrons. The molecule has 1 saturated carbocycles. The molecule has 0 aromatic heterocycles. The predicted molar refractivity (Wildman–Crippen MR) is 130 cm³/mol. The monoisotopic (exact) mass is 484 g/mol. The number of carbonyl (C=O) groups excluding carboxylic acids is 3. The van der Waals surface area contributed by atoms with E-state index in [9.17, 15) is 19.5 Å². The Morgan fingerprint density at radius 2 is 1.80 bits per heavy atom. The number of hydrogen-bond acceptors (Lipinski definition) is 7. The summed E-state index contributed by atoms with van der Waals surface area (Å²) in [6, 6.07) is 6.78. The molecule has 4 aliphatic rings. The summed E-state index contributed by atoms with van der Waals surface area (Å²) in [6.07, 6.45) is 1.51. The third-order valence-corrected chi connectivity index (χ3v) is 7.62. The van der Waals surface area contributed by atoms with Crippen molar-refractivity contribution in [2.24, 2.45) is 5.92 Å². The van der Waals surface area contributed by atoms with Crippen LogP contribution in [0.3, 0.4) is 0 Å². The maximum Gasteiger partial charge on any atom is 0.251 e. The molecule has 0 spiro atoms. The number of rotatable bonds is 7. The third-order valence-electron chi connectivity index (χ3n) is 7.62. The van der Waals surface area contributed by atoms with Crippen LogP contribution in [0.5, 0.6) is 0 Å². The average molecular weight is 485 g/mol. The number of piperazine rings is 1. The molecule has 4 atom stereocenters. The Balaban J connectivity index is 1.23. The number of aliphatic hydroxyl groups is 1. The van der Waals surface area contributed by atoms with Crippen LogP contribution in [0.15, 0.2) is 24.3 Å². The van der Waals surface area contributed by atoms with E-state index in [0.717, 1.165) is 37.9 Å². The molecule has 1 unspecified atom stereocenters. The van der Waals surface area contributed by atoms with Gasteiger partial charge in [0.1, 0.15) is 30.9 Å². The summed E-state index contributed by atoms with van der Waals surface area (Å²) in [5.41, 5.74) is 1.59. The molecule has 3 heterocycles. The Hall–Kier alpha value is -2.49. The molecule has 2 N–H and O–H groups in total. The van der Waals surface area contributed by atoms with Crippen molar-refractivity contribution in [3.63, 3.8) is 0 Å². The molecule has 1 aromatic rings. The zero-order chi connectivity index (χ0) is 24.7. The van der Waals surface area contributed by atoms with E-state index in [0.29, 0.717) is 12.0 Å². The van der Waals surface area contributed by atoms with Gasteiger partial charge in [0.2, 0.25) is 5.91 Å². The molecular formula is C26H36N4O5. The highest BCUT2D eigenvalue weighted by molar-refractivity contribution is 5.99. The Kier molecular flexibility index (Phi) is 6.83. The maximum atomic E-state index is 13.4. The second kappa shape index (κ2) is 9.87. The van der Waals surface area contributed by atoms with Crippen LogP contribution in [0.2, 0.25) is 0 Å². The first-order valence-corrected chi connectivity index (χ1v) is 12.8. The fourth-order valence-corrected chi connectivity index (χ4v) is 5.60. The van der Waals surface area contributed by atoms with Gasteiger partial charge in [0.05, 0.1) is 6.54 Å². The number of anilines is 1. The highest BCUT2D eigenvalue weighted by Gasteiger charge is 2.52. The number of nitrogens with one attached hydrogen (secondary N) is 1. The van der Waals surface area contributed by atoms with E-state index in [1.807, 2.05) is 26.0 Å². The van der Waals surface area contributed by atoms with Gasteiger partial charge in [-0.15, -0.1) is 0 Å². The van der Waals surface area contributed by atoms with Crippen LogP contribution in [0.1, 0.15) is 43.5 Å². The number of hydrogen-bond donors (Lipinski definition) is 2. The summed E-state index contributed by atoms with van der Waals surface area (Å²) < 4.78 is 5.39. The van der Waals surface area contributed by atoms with Crippen LogP contribution >= 0.6 is 0 Å². The SMILES string of the molecule is CC(C)CC(NC(=O)c1ccc(N2CCN(C3CC3)CC2)cc1)C(=O)N1C[C@@H](O)[C@H]2OCC(=O)[C@H]21. The quantitative estimate of drug-likeness (QED) is 0.586. The molecule has 9 heteroatoms. The van der Waals surface area contributed by atoms with Gasteiger partial charge in [-0.25, -0.2) is 0 Å². The molecule has 3 aliphatic heterocycles. The number of likely N-dealkylation sites (tertiary alicyclic amines) is 1. The maximum absolute atomic E-state index is 13.4. The first kappa shape index (κ1) is 24.2. The Morgan fingerprint density at radius 3 is 2.43 bits per heavy atom. The van der Waals surface area contributed by atoms with Gasteiger partial charge in [0.25, 0.3) is 5.91 Å². The highest BCUT2D eigenvalue weighted by atomic mass is 16.5. The minimum atomic E-state index is -0.899. The van der Waals surface area contributed by atoms with Crippen LogP contribution in [-0.4, -0.2) is 102 Å². The molecule has 2 amide bonds. The van der Waals surface area contributed by atoms with Gasteiger partial charge in [-0.05, 0) is 49.4 Å². The lowest BCUT2D eigenvalue weighted by molar-refractivity contribution is -0.138. The molecule has 0 radical (unpaired) electrons. The topological polar surface area (TPSA) is 102 Å². The van der Waals surface area contributed by atoms with E-state index in [-0.39, 0.29) is 36.7 Å². The van der Waals surface area contributed by atoms with Gasteiger partial charge in [-0.1, -0.05) is 13.8 Å². The first-order chi connectivity index (χ1) is 16.8. The summed E-state index contributed by atoms with van der Waals surface area (Å²) >= 11 is 0. The summed E-state index contributed by atoms with van der Waals surface area (Å²) in [5, 5.41) is 13.2. The van der Waals surface area contributed by atoms with Crippen molar-refractivity contribution in [2.45, 2.75) is 63.4 Å². The fourth-order valence-electron chi connectivity index (χ4n) is 5.60. The van der Waals surface area contributed by atoms with Gasteiger partial charge in [0, 0.05) is 43.5 Å². The molecule has 1 aromatic carbocycles. The molecule has 9 nitrogen and oxygen atoms in total. The highest BCUT2D eigenvalue weighted by Crippen LogP contribution is 2.30. The van der Waals surface area contributed by atoms with E-state index in [1.165, 1.54) is 17.7 Å².